The van der Waals surface area contributed by atoms with Gasteiger partial charge in [0, 0.05) is 25.3 Å². The molecule has 1 amide bonds. The second kappa shape index (κ2) is 10.4. The smallest absolute Gasteiger partial charge is 0.252 e. The van der Waals surface area contributed by atoms with Crippen LogP contribution in [0.2, 0.25) is 0 Å². The SMILES string of the molecule is CC(C)N(Cc1ccccc1)c1cncc(C(=O)NCCCc2ccccc2)c1. The predicted molar refractivity (Wildman–Crippen MR) is 119 cm³/mol. The van der Waals surface area contributed by atoms with Crippen LogP contribution in [0, 0.1) is 0 Å². The first kappa shape index (κ1) is 20.6. The van der Waals surface area contributed by atoms with Gasteiger partial charge in [0.15, 0.2) is 0 Å². The molecule has 0 saturated carbocycles. The normalized spacial score (nSPS) is 10.7. The summed E-state index contributed by atoms with van der Waals surface area (Å²) < 4.78 is 0. The van der Waals surface area contributed by atoms with Crippen LogP contribution in [0.3, 0.4) is 0 Å². The molecule has 0 bridgehead atoms. The van der Waals surface area contributed by atoms with E-state index in [2.05, 4.69) is 53.3 Å². The van der Waals surface area contributed by atoms with E-state index in [1.807, 2.05) is 48.7 Å². The number of rotatable bonds is 9. The molecule has 0 radical (unpaired) electrons. The minimum absolute atomic E-state index is 0.0733. The zero-order valence-corrected chi connectivity index (χ0v) is 17.2. The lowest BCUT2D eigenvalue weighted by molar-refractivity contribution is 0.0953. The highest BCUT2D eigenvalue weighted by Gasteiger charge is 2.14. The van der Waals surface area contributed by atoms with Gasteiger partial charge in [0.05, 0.1) is 17.4 Å². The largest absolute Gasteiger partial charge is 0.364 e. The van der Waals surface area contributed by atoms with Crippen LogP contribution < -0.4 is 10.2 Å². The Bertz CT molecular complexity index is 894. The molecule has 1 heterocycles. The summed E-state index contributed by atoms with van der Waals surface area (Å²) in [6, 6.07) is 22.9. The van der Waals surface area contributed by atoms with E-state index in [0.29, 0.717) is 18.2 Å². The van der Waals surface area contributed by atoms with Crippen LogP contribution in [0.5, 0.6) is 0 Å². The first-order chi connectivity index (χ1) is 14.1. The number of hydrogen-bond donors (Lipinski definition) is 1. The topological polar surface area (TPSA) is 45.2 Å². The van der Waals surface area contributed by atoms with Crippen LogP contribution in [-0.4, -0.2) is 23.5 Å². The molecule has 0 aliphatic carbocycles. The molecule has 0 aliphatic rings. The summed E-state index contributed by atoms with van der Waals surface area (Å²) in [6.45, 7) is 5.73. The number of carbonyl (C=O) groups is 1. The van der Waals surface area contributed by atoms with E-state index in [9.17, 15) is 4.79 Å². The first-order valence-corrected chi connectivity index (χ1v) is 10.2. The second-order valence-corrected chi connectivity index (χ2v) is 7.48. The zero-order chi connectivity index (χ0) is 20.5. The molecule has 29 heavy (non-hydrogen) atoms. The lowest BCUT2D eigenvalue weighted by Crippen LogP contribution is -2.31. The summed E-state index contributed by atoms with van der Waals surface area (Å²) >= 11 is 0. The van der Waals surface area contributed by atoms with E-state index in [0.717, 1.165) is 25.1 Å². The lowest BCUT2D eigenvalue weighted by atomic mass is 10.1. The van der Waals surface area contributed by atoms with Gasteiger partial charge in [0.2, 0.25) is 0 Å². The summed E-state index contributed by atoms with van der Waals surface area (Å²) in [5.41, 5.74) is 4.08. The van der Waals surface area contributed by atoms with Crippen molar-refractivity contribution in [3.05, 3.63) is 95.8 Å². The van der Waals surface area contributed by atoms with Gasteiger partial charge in [-0.15, -0.1) is 0 Å². The summed E-state index contributed by atoms with van der Waals surface area (Å²) in [6.07, 6.45) is 5.33. The molecule has 1 aromatic heterocycles. The number of nitrogens with one attached hydrogen (secondary N) is 1. The number of amides is 1. The Hall–Kier alpha value is -3.14. The van der Waals surface area contributed by atoms with Gasteiger partial charge in [-0.2, -0.15) is 0 Å². The van der Waals surface area contributed by atoms with Crippen LogP contribution in [0.15, 0.2) is 79.1 Å². The Kier molecular flexibility index (Phi) is 7.40. The molecule has 150 valence electrons. The number of nitrogens with zero attached hydrogens (tertiary/aromatic N) is 2. The fraction of sp³-hybridized carbons (Fsp3) is 0.280. The maximum atomic E-state index is 12.6. The molecule has 3 rings (SSSR count). The third-order valence-electron chi connectivity index (χ3n) is 4.91. The van der Waals surface area contributed by atoms with Crippen molar-refractivity contribution in [3.8, 4) is 0 Å². The van der Waals surface area contributed by atoms with E-state index < -0.39 is 0 Å². The summed E-state index contributed by atoms with van der Waals surface area (Å²) in [7, 11) is 0. The summed E-state index contributed by atoms with van der Waals surface area (Å²) in [5.74, 6) is -0.0733. The number of hydrogen-bond acceptors (Lipinski definition) is 3. The molecule has 2 aromatic carbocycles. The summed E-state index contributed by atoms with van der Waals surface area (Å²) in [4.78, 5) is 19.2. The maximum Gasteiger partial charge on any atom is 0.252 e. The highest BCUT2D eigenvalue weighted by atomic mass is 16.1. The van der Waals surface area contributed by atoms with Crippen LogP contribution in [0.4, 0.5) is 5.69 Å². The molecule has 4 nitrogen and oxygen atoms in total. The number of carbonyl (C=O) groups excluding carboxylic acids is 1. The maximum absolute atomic E-state index is 12.6. The molecule has 0 unspecified atom stereocenters. The van der Waals surface area contributed by atoms with Crippen molar-refractivity contribution in [3.63, 3.8) is 0 Å². The van der Waals surface area contributed by atoms with E-state index in [-0.39, 0.29) is 5.91 Å². The number of aromatic nitrogens is 1. The fourth-order valence-corrected chi connectivity index (χ4v) is 3.30. The van der Waals surface area contributed by atoms with Crippen molar-refractivity contribution in [1.82, 2.24) is 10.3 Å². The minimum Gasteiger partial charge on any atom is -0.364 e. The van der Waals surface area contributed by atoms with Crippen molar-refractivity contribution < 1.29 is 4.79 Å². The quantitative estimate of drug-likeness (QED) is 0.533. The van der Waals surface area contributed by atoms with Crippen LogP contribution in [-0.2, 0) is 13.0 Å². The van der Waals surface area contributed by atoms with Crippen LogP contribution in [0.1, 0.15) is 41.8 Å². The Morgan fingerprint density at radius 1 is 0.966 bits per heavy atom. The van der Waals surface area contributed by atoms with Gasteiger partial charge in [0.1, 0.15) is 0 Å². The Balaban J connectivity index is 1.60. The third kappa shape index (κ3) is 6.18. The van der Waals surface area contributed by atoms with E-state index >= 15 is 0 Å². The molecule has 3 aromatic rings. The Labute approximate surface area is 173 Å². The van der Waals surface area contributed by atoms with Gasteiger partial charge in [-0.1, -0.05) is 60.7 Å². The van der Waals surface area contributed by atoms with E-state index in [4.69, 9.17) is 0 Å². The second-order valence-electron chi connectivity index (χ2n) is 7.48. The fourth-order valence-electron chi connectivity index (χ4n) is 3.30. The predicted octanol–water partition coefficient (Wildman–Crippen LogP) is 4.86. The van der Waals surface area contributed by atoms with Gasteiger partial charge in [-0.05, 0) is 43.9 Å². The highest BCUT2D eigenvalue weighted by molar-refractivity contribution is 5.94. The number of anilines is 1. The number of aryl methyl sites for hydroxylation is 1. The third-order valence-corrected chi connectivity index (χ3v) is 4.91. The Morgan fingerprint density at radius 3 is 2.28 bits per heavy atom. The minimum atomic E-state index is -0.0733. The number of benzene rings is 2. The van der Waals surface area contributed by atoms with Crippen molar-refractivity contribution in [2.45, 2.75) is 39.3 Å². The van der Waals surface area contributed by atoms with Crippen molar-refractivity contribution in [1.29, 1.82) is 0 Å². The average Bonchev–Trinajstić information content (AvgIpc) is 2.76. The highest BCUT2D eigenvalue weighted by Crippen LogP contribution is 2.20. The van der Waals surface area contributed by atoms with E-state index in [1.54, 1.807) is 6.20 Å². The standard InChI is InChI=1S/C25H29N3O/c1-20(2)28(19-22-12-7-4-8-13-22)24-16-23(17-26-18-24)25(29)27-15-9-14-21-10-5-3-6-11-21/h3-8,10-13,16-18,20H,9,14-15,19H2,1-2H3,(H,27,29). The van der Waals surface area contributed by atoms with Crippen LogP contribution in [0.25, 0.3) is 0 Å². The molecule has 0 fully saturated rings. The monoisotopic (exact) mass is 387 g/mol. The molecule has 0 aliphatic heterocycles. The average molecular weight is 388 g/mol. The van der Waals surface area contributed by atoms with Crippen molar-refractivity contribution >= 4 is 11.6 Å². The van der Waals surface area contributed by atoms with Gasteiger partial charge in [-0.25, -0.2) is 0 Å². The van der Waals surface area contributed by atoms with Gasteiger partial charge >= 0.3 is 0 Å². The molecule has 0 saturated heterocycles. The van der Waals surface area contributed by atoms with Gasteiger partial charge in [-0.3, -0.25) is 9.78 Å². The molecule has 4 heteroatoms. The number of pyridine rings is 1. The summed E-state index contributed by atoms with van der Waals surface area (Å²) in [5, 5.41) is 3.02. The van der Waals surface area contributed by atoms with Crippen molar-refractivity contribution in [2.24, 2.45) is 0 Å². The Morgan fingerprint density at radius 2 is 1.62 bits per heavy atom. The van der Waals surface area contributed by atoms with Gasteiger partial charge < -0.3 is 10.2 Å². The lowest BCUT2D eigenvalue weighted by Gasteiger charge is -2.29. The van der Waals surface area contributed by atoms with Gasteiger partial charge in [0.25, 0.3) is 5.91 Å². The molecule has 0 spiro atoms. The van der Waals surface area contributed by atoms with Crippen LogP contribution >= 0.6 is 0 Å². The van der Waals surface area contributed by atoms with E-state index in [1.165, 1.54) is 11.1 Å². The molecular weight excluding hydrogens is 358 g/mol. The first-order valence-electron chi connectivity index (χ1n) is 10.2. The molecule has 1 N–H and O–H groups in total. The molecular formula is C25H29N3O. The zero-order valence-electron chi connectivity index (χ0n) is 17.2. The van der Waals surface area contributed by atoms with Crippen molar-refractivity contribution in [2.75, 3.05) is 11.4 Å². The molecule has 0 atom stereocenters.